The van der Waals surface area contributed by atoms with E-state index in [1.807, 2.05) is 6.07 Å². The molecule has 4 heteroatoms. The lowest BCUT2D eigenvalue weighted by molar-refractivity contribution is 0.669. The van der Waals surface area contributed by atoms with Gasteiger partial charge < -0.3 is 10.2 Å². The van der Waals surface area contributed by atoms with Gasteiger partial charge in [0.25, 0.3) is 0 Å². The largest absolute Gasteiger partial charge is 0.367 e. The summed E-state index contributed by atoms with van der Waals surface area (Å²) >= 11 is 8.00. The van der Waals surface area contributed by atoms with Crippen LogP contribution in [0.2, 0.25) is 5.02 Å². The van der Waals surface area contributed by atoms with Crippen LogP contribution in [0.4, 0.5) is 5.69 Å². The van der Waals surface area contributed by atoms with Crippen molar-refractivity contribution < 1.29 is 0 Å². The van der Waals surface area contributed by atoms with Crippen LogP contribution in [0.1, 0.15) is 36.8 Å². The fraction of sp³-hybridized carbons (Fsp3) is 0.412. The first kappa shape index (κ1) is 16.3. The molecule has 1 atom stereocenters. The van der Waals surface area contributed by atoms with Crippen LogP contribution in [-0.2, 0) is 6.54 Å². The Labute approximate surface area is 136 Å². The fourth-order valence-corrected chi connectivity index (χ4v) is 3.34. The quantitative estimate of drug-likeness (QED) is 0.713. The smallest absolute Gasteiger partial charge is 0.0603 e. The molecule has 2 nitrogen and oxygen atoms in total. The molecule has 2 rings (SSSR count). The molecule has 0 saturated heterocycles. The summed E-state index contributed by atoms with van der Waals surface area (Å²) < 4.78 is 0. The Balaban J connectivity index is 2.21. The number of thiophene rings is 1. The first-order valence-electron chi connectivity index (χ1n) is 7.38. The Bertz CT molecular complexity index is 554. The van der Waals surface area contributed by atoms with Gasteiger partial charge in [-0.1, -0.05) is 30.7 Å². The number of anilines is 1. The van der Waals surface area contributed by atoms with Crippen LogP contribution in [0.5, 0.6) is 0 Å². The first-order valence-corrected chi connectivity index (χ1v) is 8.64. The zero-order chi connectivity index (χ0) is 15.2. The van der Waals surface area contributed by atoms with Gasteiger partial charge in [-0.05, 0) is 49.0 Å². The summed E-state index contributed by atoms with van der Waals surface area (Å²) in [4.78, 5) is 3.67. The zero-order valence-corrected chi connectivity index (χ0v) is 14.5. The van der Waals surface area contributed by atoms with Crippen molar-refractivity contribution in [2.75, 3.05) is 18.5 Å². The van der Waals surface area contributed by atoms with Crippen molar-refractivity contribution in [3.8, 4) is 0 Å². The zero-order valence-electron chi connectivity index (χ0n) is 12.9. The summed E-state index contributed by atoms with van der Waals surface area (Å²) in [5, 5.41) is 6.39. The Morgan fingerprint density at radius 1 is 1.33 bits per heavy atom. The van der Waals surface area contributed by atoms with E-state index in [4.69, 9.17) is 11.6 Å². The third kappa shape index (κ3) is 4.22. The highest BCUT2D eigenvalue weighted by Crippen LogP contribution is 2.32. The van der Waals surface area contributed by atoms with Crippen molar-refractivity contribution in [3.63, 3.8) is 0 Å². The molecular formula is C17H23ClN2S. The predicted molar refractivity (Wildman–Crippen MR) is 94.6 cm³/mol. The molecule has 0 aliphatic rings. The summed E-state index contributed by atoms with van der Waals surface area (Å²) in [7, 11) is 2.14. The van der Waals surface area contributed by atoms with Crippen molar-refractivity contribution in [2.24, 2.45) is 0 Å². The van der Waals surface area contributed by atoms with E-state index in [0.29, 0.717) is 6.04 Å². The Hall–Kier alpha value is -1.03. The second kappa shape index (κ2) is 7.83. The maximum atomic E-state index is 6.21. The fourth-order valence-electron chi connectivity index (χ4n) is 2.34. The maximum absolute atomic E-state index is 6.21. The van der Waals surface area contributed by atoms with Crippen LogP contribution >= 0.6 is 22.9 Å². The molecular weight excluding hydrogens is 300 g/mol. The lowest BCUT2D eigenvalue weighted by Crippen LogP contribution is -2.24. The minimum atomic E-state index is 0.341. The molecule has 21 heavy (non-hydrogen) atoms. The molecule has 0 aliphatic carbocycles. The van der Waals surface area contributed by atoms with Gasteiger partial charge in [-0.3, -0.25) is 0 Å². The van der Waals surface area contributed by atoms with Gasteiger partial charge in [-0.25, -0.2) is 0 Å². The molecule has 0 spiro atoms. The highest BCUT2D eigenvalue weighted by atomic mass is 35.5. The summed E-state index contributed by atoms with van der Waals surface area (Å²) in [6.07, 6.45) is 1.14. The predicted octanol–water partition coefficient (Wildman–Crippen LogP) is 5.10. The molecule has 114 valence electrons. The number of nitrogens with one attached hydrogen (secondary N) is 1. The van der Waals surface area contributed by atoms with E-state index in [-0.39, 0.29) is 0 Å². The third-order valence-electron chi connectivity index (χ3n) is 3.71. The van der Waals surface area contributed by atoms with Crippen molar-refractivity contribution in [2.45, 2.75) is 32.9 Å². The van der Waals surface area contributed by atoms with E-state index in [0.717, 1.165) is 24.5 Å². The Kier molecular flexibility index (Phi) is 6.09. The molecule has 1 unspecified atom stereocenters. The SMILES string of the molecule is CCCNCc1ccc(Cl)cc1N(C)C(C)c1cccs1. The molecule has 0 fully saturated rings. The lowest BCUT2D eigenvalue weighted by atomic mass is 10.1. The minimum absolute atomic E-state index is 0.341. The van der Waals surface area contributed by atoms with Crippen LogP contribution in [0, 0.1) is 0 Å². The van der Waals surface area contributed by atoms with E-state index in [1.54, 1.807) is 11.3 Å². The molecule has 1 aromatic carbocycles. The lowest BCUT2D eigenvalue weighted by Gasteiger charge is -2.29. The summed E-state index contributed by atoms with van der Waals surface area (Å²) in [5.41, 5.74) is 2.49. The summed E-state index contributed by atoms with van der Waals surface area (Å²) in [6.45, 7) is 6.32. The van der Waals surface area contributed by atoms with Crippen LogP contribution in [0.15, 0.2) is 35.7 Å². The third-order valence-corrected chi connectivity index (χ3v) is 4.98. The number of benzene rings is 1. The number of hydrogen-bond acceptors (Lipinski definition) is 3. The Morgan fingerprint density at radius 3 is 2.81 bits per heavy atom. The molecule has 1 N–H and O–H groups in total. The molecule has 2 aromatic rings. The van der Waals surface area contributed by atoms with Crippen molar-refractivity contribution in [1.82, 2.24) is 5.32 Å². The van der Waals surface area contributed by atoms with Gasteiger partial charge in [0.05, 0.1) is 6.04 Å². The minimum Gasteiger partial charge on any atom is -0.367 e. The summed E-state index contributed by atoms with van der Waals surface area (Å²) in [6, 6.07) is 10.8. The van der Waals surface area contributed by atoms with Crippen LogP contribution in [-0.4, -0.2) is 13.6 Å². The van der Waals surface area contributed by atoms with Crippen molar-refractivity contribution in [3.05, 3.63) is 51.2 Å². The maximum Gasteiger partial charge on any atom is 0.0603 e. The van der Waals surface area contributed by atoms with E-state index < -0.39 is 0 Å². The average Bonchev–Trinajstić information content (AvgIpc) is 3.01. The van der Waals surface area contributed by atoms with Crippen molar-refractivity contribution in [1.29, 1.82) is 0 Å². The number of hydrogen-bond donors (Lipinski definition) is 1. The molecule has 0 amide bonds. The van der Waals surface area contributed by atoms with Crippen LogP contribution in [0.3, 0.4) is 0 Å². The van der Waals surface area contributed by atoms with Crippen LogP contribution in [0.25, 0.3) is 0 Å². The van der Waals surface area contributed by atoms with E-state index in [9.17, 15) is 0 Å². The first-order chi connectivity index (χ1) is 10.1. The van der Waals surface area contributed by atoms with Gasteiger partial charge in [0, 0.05) is 29.2 Å². The van der Waals surface area contributed by atoms with E-state index >= 15 is 0 Å². The number of rotatable bonds is 7. The highest BCUT2D eigenvalue weighted by molar-refractivity contribution is 7.10. The van der Waals surface area contributed by atoms with E-state index in [1.165, 1.54) is 16.1 Å². The van der Waals surface area contributed by atoms with E-state index in [2.05, 4.69) is 60.8 Å². The van der Waals surface area contributed by atoms with Gasteiger partial charge in [-0.15, -0.1) is 11.3 Å². The average molecular weight is 323 g/mol. The van der Waals surface area contributed by atoms with Crippen LogP contribution < -0.4 is 10.2 Å². The van der Waals surface area contributed by atoms with Crippen molar-refractivity contribution >= 4 is 28.6 Å². The number of halogens is 1. The summed E-state index contributed by atoms with van der Waals surface area (Å²) in [5.74, 6) is 0. The molecule has 0 bridgehead atoms. The molecule has 0 saturated carbocycles. The van der Waals surface area contributed by atoms with Gasteiger partial charge in [0.15, 0.2) is 0 Å². The second-order valence-corrected chi connectivity index (χ2v) is 6.67. The topological polar surface area (TPSA) is 15.3 Å². The number of nitrogens with zero attached hydrogens (tertiary/aromatic N) is 1. The van der Waals surface area contributed by atoms with Gasteiger partial charge in [0.1, 0.15) is 0 Å². The monoisotopic (exact) mass is 322 g/mol. The molecule has 1 aromatic heterocycles. The van der Waals surface area contributed by atoms with Gasteiger partial charge >= 0.3 is 0 Å². The second-order valence-electron chi connectivity index (χ2n) is 5.25. The normalized spacial score (nSPS) is 12.4. The highest BCUT2D eigenvalue weighted by Gasteiger charge is 2.16. The standard InChI is InChI=1S/C17H23ClN2S/c1-4-9-19-12-14-7-8-15(18)11-16(14)20(3)13(2)17-6-5-10-21-17/h5-8,10-11,13,19H,4,9,12H2,1-3H3. The van der Waals surface area contributed by atoms with Gasteiger partial charge in [0.2, 0.25) is 0 Å². The van der Waals surface area contributed by atoms with Gasteiger partial charge in [-0.2, -0.15) is 0 Å². The Morgan fingerprint density at radius 2 is 2.14 bits per heavy atom. The molecule has 1 heterocycles. The molecule has 0 aliphatic heterocycles. The molecule has 0 radical (unpaired) electrons.